The molecule has 0 heterocycles. The molecule has 0 bridgehead atoms. The van der Waals surface area contributed by atoms with Gasteiger partial charge in [-0.25, -0.2) is 8.78 Å². The second-order valence-corrected chi connectivity index (χ2v) is 4.71. The van der Waals surface area contributed by atoms with Gasteiger partial charge in [-0.1, -0.05) is 12.1 Å². The second kappa shape index (κ2) is 6.97. The molecule has 0 saturated heterocycles. The molecule has 0 aliphatic carbocycles. The van der Waals surface area contributed by atoms with Crippen LogP contribution in [0.5, 0.6) is 0 Å². The largest absolute Gasteiger partial charge is 0.369 e. The number of nitrogens with zero attached hydrogens (tertiary/aromatic N) is 1. The van der Waals surface area contributed by atoms with Gasteiger partial charge in [0.1, 0.15) is 11.6 Å². The normalized spacial score (nSPS) is 10.4. The second-order valence-electron chi connectivity index (χ2n) is 4.71. The maximum atomic E-state index is 13.8. The molecule has 0 spiro atoms. The van der Waals surface area contributed by atoms with Crippen molar-refractivity contribution >= 4 is 11.5 Å². The molecule has 0 aliphatic heterocycles. The van der Waals surface area contributed by atoms with Crippen molar-refractivity contribution in [3.63, 3.8) is 0 Å². The van der Waals surface area contributed by atoms with Gasteiger partial charge in [0.25, 0.3) is 0 Å². The van der Waals surface area contributed by atoms with Crippen molar-refractivity contribution in [2.75, 3.05) is 18.0 Å². The first-order valence-corrected chi connectivity index (χ1v) is 6.90. The number of carbonyl (C=O) groups is 1. The van der Waals surface area contributed by atoms with E-state index in [9.17, 15) is 13.6 Å². The number of halogens is 2. The van der Waals surface area contributed by atoms with Gasteiger partial charge in [0.15, 0.2) is 5.78 Å². The van der Waals surface area contributed by atoms with Crippen LogP contribution >= 0.6 is 0 Å². The van der Waals surface area contributed by atoms with Crippen LogP contribution in [0.1, 0.15) is 23.7 Å². The summed E-state index contributed by atoms with van der Waals surface area (Å²) in [5, 5.41) is 0. The average molecular weight is 289 g/mol. The van der Waals surface area contributed by atoms with E-state index in [-0.39, 0.29) is 23.8 Å². The number of benzene rings is 2. The predicted octanol–water partition coefficient (Wildman–Crippen LogP) is 4.06. The van der Waals surface area contributed by atoms with Crippen molar-refractivity contribution in [1.82, 2.24) is 0 Å². The molecule has 0 aliphatic rings. The summed E-state index contributed by atoms with van der Waals surface area (Å²) in [6.07, 6.45) is 0.258. The lowest BCUT2D eigenvalue weighted by atomic mass is 10.1. The molecule has 0 atom stereocenters. The van der Waals surface area contributed by atoms with Crippen molar-refractivity contribution in [3.05, 3.63) is 65.7 Å². The zero-order valence-electron chi connectivity index (χ0n) is 11.9. The molecule has 0 fully saturated rings. The molecule has 21 heavy (non-hydrogen) atoms. The number of carbonyl (C=O) groups excluding carboxylic acids is 1. The van der Waals surface area contributed by atoms with Crippen LogP contribution in [0, 0.1) is 11.6 Å². The lowest BCUT2D eigenvalue weighted by Gasteiger charge is -2.23. The van der Waals surface area contributed by atoms with Crippen LogP contribution in [0.15, 0.2) is 48.5 Å². The zero-order chi connectivity index (χ0) is 15.2. The number of hydrogen-bond acceptors (Lipinski definition) is 2. The van der Waals surface area contributed by atoms with Crippen LogP contribution in [0.25, 0.3) is 0 Å². The van der Waals surface area contributed by atoms with Gasteiger partial charge < -0.3 is 4.90 Å². The number of Topliss-reactive ketones (excluding diaryl/α,β-unsaturated/α-hetero) is 1. The summed E-state index contributed by atoms with van der Waals surface area (Å²) in [5.41, 5.74) is 0.966. The Morgan fingerprint density at radius 3 is 2.33 bits per heavy atom. The van der Waals surface area contributed by atoms with Gasteiger partial charge in [-0.05, 0) is 43.3 Å². The maximum Gasteiger partial charge on any atom is 0.164 e. The van der Waals surface area contributed by atoms with Crippen LogP contribution < -0.4 is 4.90 Å². The van der Waals surface area contributed by atoms with Gasteiger partial charge >= 0.3 is 0 Å². The Kier molecular flexibility index (Phi) is 5.04. The molecule has 0 unspecified atom stereocenters. The third kappa shape index (κ3) is 3.88. The fourth-order valence-electron chi connectivity index (χ4n) is 2.17. The van der Waals surface area contributed by atoms with Crippen LogP contribution in [0.4, 0.5) is 14.5 Å². The average Bonchev–Trinajstić information content (AvgIpc) is 2.50. The molecule has 0 radical (unpaired) electrons. The third-order valence-corrected chi connectivity index (χ3v) is 3.35. The lowest BCUT2D eigenvalue weighted by molar-refractivity contribution is 0.0984. The van der Waals surface area contributed by atoms with E-state index in [0.29, 0.717) is 24.3 Å². The highest BCUT2D eigenvalue weighted by Crippen LogP contribution is 2.19. The van der Waals surface area contributed by atoms with E-state index in [1.165, 1.54) is 30.3 Å². The third-order valence-electron chi connectivity index (χ3n) is 3.35. The van der Waals surface area contributed by atoms with Gasteiger partial charge in [0.05, 0.1) is 5.69 Å². The minimum Gasteiger partial charge on any atom is -0.369 e. The van der Waals surface area contributed by atoms with E-state index < -0.39 is 0 Å². The Balaban J connectivity index is 2.02. The summed E-state index contributed by atoms with van der Waals surface area (Å²) < 4.78 is 26.6. The van der Waals surface area contributed by atoms with Crippen LogP contribution in [0.3, 0.4) is 0 Å². The van der Waals surface area contributed by atoms with Gasteiger partial charge in [-0.3, -0.25) is 4.79 Å². The van der Waals surface area contributed by atoms with Crippen LogP contribution in [-0.4, -0.2) is 18.9 Å². The highest BCUT2D eigenvalue weighted by molar-refractivity contribution is 5.96. The van der Waals surface area contributed by atoms with Crippen LogP contribution in [-0.2, 0) is 0 Å². The Morgan fingerprint density at radius 1 is 1.05 bits per heavy atom. The van der Waals surface area contributed by atoms with Crippen molar-refractivity contribution in [2.24, 2.45) is 0 Å². The number of para-hydroxylation sites is 1. The van der Waals surface area contributed by atoms with Crippen molar-refractivity contribution in [2.45, 2.75) is 13.3 Å². The SMILES string of the molecule is CCN(CCC(=O)c1ccc(F)cc1)c1ccccc1F. The van der Waals surface area contributed by atoms with Crippen molar-refractivity contribution in [3.8, 4) is 0 Å². The van der Waals surface area contributed by atoms with E-state index in [2.05, 4.69) is 0 Å². The number of hydrogen-bond donors (Lipinski definition) is 0. The highest BCUT2D eigenvalue weighted by atomic mass is 19.1. The lowest BCUT2D eigenvalue weighted by Crippen LogP contribution is -2.26. The minimum atomic E-state index is -0.368. The molecule has 2 nitrogen and oxygen atoms in total. The summed E-state index contributed by atoms with van der Waals surface area (Å²) >= 11 is 0. The van der Waals surface area contributed by atoms with Gasteiger partial charge in [0.2, 0.25) is 0 Å². The minimum absolute atomic E-state index is 0.0789. The molecule has 110 valence electrons. The van der Waals surface area contributed by atoms with E-state index in [0.717, 1.165) is 0 Å². The molecule has 2 aromatic carbocycles. The molecule has 0 aromatic heterocycles. The standard InChI is InChI=1S/C17H17F2NO/c1-2-20(16-6-4-3-5-15(16)19)12-11-17(21)13-7-9-14(18)10-8-13/h3-10H,2,11-12H2,1H3. The topological polar surface area (TPSA) is 20.3 Å². The summed E-state index contributed by atoms with van der Waals surface area (Å²) in [7, 11) is 0. The molecular formula is C17H17F2NO. The fraction of sp³-hybridized carbons (Fsp3) is 0.235. The molecule has 0 amide bonds. The Hall–Kier alpha value is -2.23. The summed E-state index contributed by atoms with van der Waals surface area (Å²) in [4.78, 5) is 13.9. The summed E-state index contributed by atoms with van der Waals surface area (Å²) in [6, 6.07) is 12.0. The molecule has 2 rings (SSSR count). The maximum absolute atomic E-state index is 13.8. The summed E-state index contributed by atoms with van der Waals surface area (Å²) in [6.45, 7) is 2.94. The van der Waals surface area contributed by atoms with E-state index >= 15 is 0 Å². The van der Waals surface area contributed by atoms with Crippen LogP contribution in [0.2, 0.25) is 0 Å². The van der Waals surface area contributed by atoms with E-state index in [4.69, 9.17) is 0 Å². The Morgan fingerprint density at radius 2 is 1.71 bits per heavy atom. The van der Waals surface area contributed by atoms with Crippen molar-refractivity contribution < 1.29 is 13.6 Å². The first-order valence-electron chi connectivity index (χ1n) is 6.90. The van der Waals surface area contributed by atoms with E-state index in [1.807, 2.05) is 11.8 Å². The molecule has 2 aromatic rings. The summed E-state index contributed by atoms with van der Waals surface area (Å²) in [5.74, 6) is -0.744. The Bertz CT molecular complexity index is 610. The monoisotopic (exact) mass is 289 g/mol. The highest BCUT2D eigenvalue weighted by Gasteiger charge is 2.12. The fourth-order valence-corrected chi connectivity index (χ4v) is 2.17. The quantitative estimate of drug-likeness (QED) is 0.747. The van der Waals surface area contributed by atoms with Gasteiger partial charge in [0, 0.05) is 25.1 Å². The molecule has 4 heteroatoms. The van der Waals surface area contributed by atoms with Crippen molar-refractivity contribution in [1.29, 1.82) is 0 Å². The van der Waals surface area contributed by atoms with Gasteiger partial charge in [-0.2, -0.15) is 0 Å². The number of ketones is 1. The number of rotatable bonds is 6. The predicted molar refractivity (Wildman–Crippen MR) is 79.6 cm³/mol. The smallest absolute Gasteiger partial charge is 0.164 e. The molecule has 0 saturated carbocycles. The molecule has 0 N–H and O–H groups in total. The van der Waals surface area contributed by atoms with E-state index in [1.54, 1.807) is 18.2 Å². The first kappa shape index (κ1) is 15.2. The molecular weight excluding hydrogens is 272 g/mol. The first-order chi connectivity index (χ1) is 10.1. The zero-order valence-corrected chi connectivity index (χ0v) is 11.9. The Labute approximate surface area is 123 Å². The van der Waals surface area contributed by atoms with Gasteiger partial charge in [-0.15, -0.1) is 0 Å². The number of anilines is 1.